The highest BCUT2D eigenvalue weighted by Crippen LogP contribution is 2.27. The Morgan fingerprint density at radius 3 is 2.42 bits per heavy atom. The van der Waals surface area contributed by atoms with Gasteiger partial charge in [0.1, 0.15) is 11.5 Å². The van der Waals surface area contributed by atoms with Gasteiger partial charge >= 0.3 is 5.97 Å². The molecule has 0 unspecified atom stereocenters. The number of nitrogens with zero attached hydrogens (tertiary/aromatic N) is 2. The zero-order valence-corrected chi connectivity index (χ0v) is 18.3. The van der Waals surface area contributed by atoms with Crippen molar-refractivity contribution in [1.82, 2.24) is 10.1 Å². The lowest BCUT2D eigenvalue weighted by atomic mass is 10.0. The molecule has 0 spiro atoms. The predicted octanol–water partition coefficient (Wildman–Crippen LogP) is 4.85. The van der Waals surface area contributed by atoms with Crippen molar-refractivity contribution in [2.24, 2.45) is 0 Å². The number of carbonyl (C=O) groups excluding carboxylic acids is 1. The second-order valence-corrected chi connectivity index (χ2v) is 7.16. The summed E-state index contributed by atoms with van der Waals surface area (Å²) < 4.78 is 21.8. The maximum Gasteiger partial charge on any atom is 0.344 e. The number of para-hydroxylation sites is 2. The summed E-state index contributed by atoms with van der Waals surface area (Å²) >= 11 is 0. The number of benzene rings is 3. The van der Waals surface area contributed by atoms with Gasteiger partial charge in [-0.1, -0.05) is 65.8 Å². The summed E-state index contributed by atoms with van der Waals surface area (Å²) in [7, 11) is 0. The van der Waals surface area contributed by atoms with Crippen LogP contribution in [0.5, 0.6) is 11.5 Å². The third-order valence-corrected chi connectivity index (χ3v) is 4.81. The van der Waals surface area contributed by atoms with Crippen LogP contribution >= 0.6 is 0 Å². The van der Waals surface area contributed by atoms with Crippen LogP contribution in [0.3, 0.4) is 0 Å². The Balaban J connectivity index is 1.32. The summed E-state index contributed by atoms with van der Waals surface area (Å²) in [5.41, 5.74) is 2.86. The highest BCUT2D eigenvalue weighted by Gasteiger charge is 2.15. The number of hydrogen-bond donors (Lipinski definition) is 0. The lowest BCUT2D eigenvalue weighted by molar-refractivity contribution is -0.148. The fraction of sp³-hybridized carbons (Fsp3) is 0.192. The van der Waals surface area contributed by atoms with E-state index >= 15 is 0 Å². The minimum absolute atomic E-state index is 0.141. The van der Waals surface area contributed by atoms with Crippen LogP contribution < -0.4 is 9.47 Å². The van der Waals surface area contributed by atoms with E-state index in [0.29, 0.717) is 35.9 Å². The standard InChI is InChI=1S/C26H24N2O5/c1-2-30-23-15-9-7-13-21(23)26-27-24(33-28-26)17-32-25(29)18-31-22-14-8-6-12-20(22)16-19-10-4-3-5-11-19/h3-15H,2,16-18H2,1H3. The third-order valence-electron chi connectivity index (χ3n) is 4.81. The van der Waals surface area contributed by atoms with Crippen LogP contribution in [-0.4, -0.2) is 29.3 Å². The molecule has 7 heteroatoms. The molecule has 0 saturated carbocycles. The van der Waals surface area contributed by atoms with Crippen LogP contribution in [0.15, 0.2) is 83.4 Å². The van der Waals surface area contributed by atoms with E-state index in [4.69, 9.17) is 18.7 Å². The molecule has 1 aromatic heterocycles. The topological polar surface area (TPSA) is 83.7 Å². The molecule has 0 radical (unpaired) electrons. The van der Waals surface area contributed by atoms with Crippen molar-refractivity contribution in [2.45, 2.75) is 20.0 Å². The van der Waals surface area contributed by atoms with Gasteiger partial charge in [0.15, 0.2) is 13.2 Å². The van der Waals surface area contributed by atoms with Gasteiger partial charge in [0.2, 0.25) is 5.82 Å². The molecule has 0 bridgehead atoms. The van der Waals surface area contributed by atoms with Crippen LogP contribution in [0.2, 0.25) is 0 Å². The van der Waals surface area contributed by atoms with E-state index < -0.39 is 5.97 Å². The normalized spacial score (nSPS) is 10.6. The largest absolute Gasteiger partial charge is 0.493 e. The van der Waals surface area contributed by atoms with Gasteiger partial charge < -0.3 is 18.7 Å². The molecule has 0 aliphatic carbocycles. The summed E-state index contributed by atoms with van der Waals surface area (Å²) in [5.74, 6) is 1.34. The van der Waals surface area contributed by atoms with E-state index in [1.807, 2.05) is 73.7 Å². The van der Waals surface area contributed by atoms with Gasteiger partial charge in [-0.3, -0.25) is 0 Å². The molecule has 0 aliphatic rings. The first-order valence-electron chi connectivity index (χ1n) is 10.7. The Kier molecular flexibility index (Phi) is 7.33. The highest BCUT2D eigenvalue weighted by molar-refractivity contribution is 5.71. The van der Waals surface area contributed by atoms with Crippen LogP contribution in [-0.2, 0) is 22.6 Å². The van der Waals surface area contributed by atoms with E-state index in [-0.39, 0.29) is 19.1 Å². The van der Waals surface area contributed by atoms with Gasteiger partial charge in [-0.05, 0) is 36.2 Å². The monoisotopic (exact) mass is 444 g/mol. The summed E-state index contributed by atoms with van der Waals surface area (Å²) in [6, 6.07) is 25.1. The van der Waals surface area contributed by atoms with Crippen LogP contribution in [0, 0.1) is 0 Å². The van der Waals surface area contributed by atoms with E-state index in [9.17, 15) is 4.79 Å². The van der Waals surface area contributed by atoms with Crippen molar-refractivity contribution in [2.75, 3.05) is 13.2 Å². The zero-order valence-electron chi connectivity index (χ0n) is 18.3. The second kappa shape index (κ2) is 10.9. The van der Waals surface area contributed by atoms with Crippen molar-refractivity contribution >= 4 is 5.97 Å². The number of aromatic nitrogens is 2. The van der Waals surface area contributed by atoms with Gasteiger partial charge in [0, 0.05) is 6.42 Å². The average Bonchev–Trinajstić information content (AvgIpc) is 3.32. The van der Waals surface area contributed by atoms with Gasteiger partial charge in [-0.25, -0.2) is 4.79 Å². The van der Waals surface area contributed by atoms with Gasteiger partial charge in [-0.15, -0.1) is 0 Å². The lowest BCUT2D eigenvalue weighted by Gasteiger charge is -2.11. The van der Waals surface area contributed by atoms with Crippen molar-refractivity contribution < 1.29 is 23.5 Å². The van der Waals surface area contributed by atoms with E-state index in [1.165, 1.54) is 0 Å². The second-order valence-electron chi connectivity index (χ2n) is 7.16. The zero-order chi connectivity index (χ0) is 22.9. The maximum absolute atomic E-state index is 12.2. The number of esters is 1. The Labute approximate surface area is 191 Å². The molecule has 0 N–H and O–H groups in total. The van der Waals surface area contributed by atoms with Gasteiger partial charge in [-0.2, -0.15) is 4.98 Å². The molecule has 1 heterocycles. The fourth-order valence-electron chi connectivity index (χ4n) is 3.28. The molecule has 33 heavy (non-hydrogen) atoms. The molecular formula is C26H24N2O5. The number of hydrogen-bond acceptors (Lipinski definition) is 7. The maximum atomic E-state index is 12.2. The van der Waals surface area contributed by atoms with Crippen molar-refractivity contribution in [3.05, 3.63) is 95.9 Å². The molecule has 0 fully saturated rings. The van der Waals surface area contributed by atoms with Crippen LogP contribution in [0.4, 0.5) is 0 Å². The highest BCUT2D eigenvalue weighted by atomic mass is 16.6. The van der Waals surface area contributed by atoms with Gasteiger partial charge in [0.25, 0.3) is 5.89 Å². The predicted molar refractivity (Wildman–Crippen MR) is 122 cm³/mol. The smallest absolute Gasteiger partial charge is 0.344 e. The van der Waals surface area contributed by atoms with Crippen LogP contribution in [0.1, 0.15) is 23.9 Å². The quantitative estimate of drug-likeness (QED) is 0.323. The lowest BCUT2D eigenvalue weighted by Crippen LogP contribution is -2.15. The molecule has 0 atom stereocenters. The molecule has 0 amide bonds. The Morgan fingerprint density at radius 2 is 1.61 bits per heavy atom. The summed E-state index contributed by atoms with van der Waals surface area (Å²) in [5, 5.41) is 3.96. The summed E-state index contributed by atoms with van der Waals surface area (Å²) in [4.78, 5) is 16.5. The summed E-state index contributed by atoms with van der Waals surface area (Å²) in [6.45, 7) is 2.06. The number of rotatable bonds is 10. The first-order valence-corrected chi connectivity index (χ1v) is 10.7. The van der Waals surface area contributed by atoms with Crippen molar-refractivity contribution in [1.29, 1.82) is 0 Å². The van der Waals surface area contributed by atoms with E-state index in [2.05, 4.69) is 22.3 Å². The third kappa shape index (κ3) is 5.98. The number of carbonyl (C=O) groups is 1. The molecule has 168 valence electrons. The number of ether oxygens (including phenoxy) is 3. The fourth-order valence-corrected chi connectivity index (χ4v) is 3.28. The molecular weight excluding hydrogens is 420 g/mol. The minimum Gasteiger partial charge on any atom is -0.493 e. The molecule has 4 aromatic rings. The average molecular weight is 444 g/mol. The summed E-state index contributed by atoms with van der Waals surface area (Å²) in [6.07, 6.45) is 0.708. The Bertz CT molecular complexity index is 1190. The van der Waals surface area contributed by atoms with Crippen molar-refractivity contribution in [3.63, 3.8) is 0 Å². The first kappa shape index (κ1) is 22.1. The van der Waals surface area contributed by atoms with Crippen LogP contribution in [0.25, 0.3) is 11.4 Å². The SMILES string of the molecule is CCOc1ccccc1-c1noc(COC(=O)COc2ccccc2Cc2ccccc2)n1. The minimum atomic E-state index is -0.529. The van der Waals surface area contributed by atoms with Gasteiger partial charge in [0.05, 0.1) is 12.2 Å². The first-order chi connectivity index (χ1) is 16.2. The molecule has 0 saturated heterocycles. The van der Waals surface area contributed by atoms with E-state index in [0.717, 1.165) is 11.1 Å². The Hall–Kier alpha value is -4.13. The molecule has 0 aliphatic heterocycles. The molecule has 7 nitrogen and oxygen atoms in total. The Morgan fingerprint density at radius 1 is 0.879 bits per heavy atom. The van der Waals surface area contributed by atoms with Crippen molar-refractivity contribution in [3.8, 4) is 22.9 Å². The van der Waals surface area contributed by atoms with E-state index in [1.54, 1.807) is 0 Å². The molecule has 4 rings (SSSR count). The molecule has 3 aromatic carbocycles.